The van der Waals surface area contributed by atoms with Crippen LogP contribution in [0.2, 0.25) is 0 Å². The highest BCUT2D eigenvalue weighted by Gasteiger charge is 2.25. The molecule has 0 radical (unpaired) electrons. The third-order valence-corrected chi connectivity index (χ3v) is 1.95. The van der Waals surface area contributed by atoms with E-state index >= 15 is 0 Å². The van der Waals surface area contributed by atoms with Crippen molar-refractivity contribution >= 4 is 11.8 Å². The molecule has 2 rings (SSSR count). The fourth-order valence-corrected chi connectivity index (χ4v) is 1.04. The third-order valence-electron chi connectivity index (χ3n) is 1.61. The van der Waals surface area contributed by atoms with Gasteiger partial charge in [0.2, 0.25) is 0 Å². The zero-order chi connectivity index (χ0) is 7.68. The molecule has 1 aromatic heterocycles. The zero-order valence-corrected chi connectivity index (χ0v) is 7.21. The molecule has 1 saturated heterocycles. The molecule has 1 aliphatic rings. The second kappa shape index (κ2) is 2.77. The minimum atomic E-state index is 0.629. The topological polar surface area (TPSA) is 35.5 Å². The van der Waals surface area contributed by atoms with E-state index in [-0.39, 0.29) is 0 Å². The van der Waals surface area contributed by atoms with E-state index < -0.39 is 0 Å². The molecular formula is C5H11N3O2S. The Morgan fingerprint density at radius 3 is 2.91 bits per heavy atom. The summed E-state index contributed by atoms with van der Waals surface area (Å²) in [4.78, 5) is 6.77. The van der Waals surface area contributed by atoms with Gasteiger partial charge in [0.25, 0.3) is 0 Å². The van der Waals surface area contributed by atoms with Crippen LogP contribution in [0.3, 0.4) is 0 Å². The summed E-state index contributed by atoms with van der Waals surface area (Å²) in [5.41, 5.74) is 0. The summed E-state index contributed by atoms with van der Waals surface area (Å²) in [7, 11) is 0. The Morgan fingerprint density at radius 2 is 2.36 bits per heavy atom. The quantitative estimate of drug-likeness (QED) is 0.605. The number of thioether (sulfide) groups is 1. The van der Waals surface area contributed by atoms with Crippen LogP contribution < -0.4 is 9.85 Å². The molecule has 11 heavy (non-hydrogen) atoms. The van der Waals surface area contributed by atoms with E-state index in [0.29, 0.717) is 5.94 Å². The number of hydrogen-bond acceptors (Lipinski definition) is 4. The minimum absolute atomic E-state index is 0.629. The molecule has 0 saturated carbocycles. The molecule has 1 fully saturated rings. The molecule has 1 aromatic rings. The van der Waals surface area contributed by atoms with Crippen LogP contribution in [-0.4, -0.2) is 35.3 Å². The van der Waals surface area contributed by atoms with Crippen LogP contribution in [-0.2, 0) is 0 Å². The molecule has 64 valence electrons. The smallest absolute Gasteiger partial charge is 0.165 e. The fraction of sp³-hybridized carbons (Fsp3) is 1.00. The lowest BCUT2D eigenvalue weighted by Crippen LogP contribution is -2.44. The van der Waals surface area contributed by atoms with E-state index in [1.54, 1.807) is 16.7 Å². The summed E-state index contributed by atoms with van der Waals surface area (Å²) in [6, 6.07) is 0. The highest BCUT2D eigenvalue weighted by molar-refractivity contribution is 7.98. The lowest BCUT2D eigenvalue weighted by Gasteiger charge is -2.25. The van der Waals surface area contributed by atoms with Gasteiger partial charge in [-0.25, -0.2) is 0 Å². The molecule has 6 heteroatoms. The van der Waals surface area contributed by atoms with Crippen molar-refractivity contribution in [3.05, 3.63) is 0 Å². The monoisotopic (exact) mass is 177 g/mol. The van der Waals surface area contributed by atoms with E-state index in [2.05, 4.69) is 5.01 Å². The SMILES string of the molecule is CSCOn1on1N1CCC1. The fourth-order valence-electron chi connectivity index (χ4n) is 0.842. The first-order valence-electron chi connectivity index (χ1n) is 3.57. The molecule has 0 spiro atoms. The Labute approximate surface area is 68.7 Å². The van der Waals surface area contributed by atoms with Gasteiger partial charge in [-0.1, -0.05) is 0 Å². The number of rotatable bonds is 4. The van der Waals surface area contributed by atoms with Crippen molar-refractivity contribution in [2.45, 2.75) is 6.42 Å². The number of aromatic nitrogens is 2. The average Bonchev–Trinajstić information content (AvgIpc) is 2.60. The molecular weight excluding hydrogens is 166 g/mol. The van der Waals surface area contributed by atoms with Crippen molar-refractivity contribution in [1.29, 1.82) is 0 Å². The van der Waals surface area contributed by atoms with E-state index in [0.717, 1.165) is 13.1 Å². The van der Waals surface area contributed by atoms with Crippen molar-refractivity contribution in [2.75, 3.05) is 30.3 Å². The van der Waals surface area contributed by atoms with Crippen molar-refractivity contribution in [2.24, 2.45) is 0 Å². The first-order chi connectivity index (χ1) is 5.42. The van der Waals surface area contributed by atoms with Crippen molar-refractivity contribution < 1.29 is 9.47 Å². The average molecular weight is 177 g/mol. The largest absolute Gasteiger partial charge is 0.355 e. The molecule has 0 atom stereocenters. The maximum absolute atomic E-state index is 5.13. The summed E-state index contributed by atoms with van der Waals surface area (Å²) in [5, 5.41) is 3.47. The molecule has 5 nitrogen and oxygen atoms in total. The van der Waals surface area contributed by atoms with Crippen LogP contribution in [0.5, 0.6) is 0 Å². The lowest BCUT2D eigenvalue weighted by atomic mass is 10.3. The van der Waals surface area contributed by atoms with Crippen molar-refractivity contribution in [1.82, 2.24) is 9.98 Å². The van der Waals surface area contributed by atoms with Gasteiger partial charge in [-0.15, -0.1) is 11.8 Å². The standard InChI is InChI=1S/C5H11N3O2S/c1-11-5-9-8-7(10-8)6-3-2-4-6/h2-5H2,1H3. The Hall–Kier alpha value is -0.650. The number of nitrogens with zero attached hydrogens (tertiary/aromatic N) is 3. The van der Waals surface area contributed by atoms with E-state index in [4.69, 9.17) is 9.47 Å². The Morgan fingerprint density at radius 1 is 1.55 bits per heavy atom. The molecule has 0 aromatic carbocycles. The van der Waals surface area contributed by atoms with Crippen LogP contribution in [0.25, 0.3) is 0 Å². The third kappa shape index (κ3) is 1.35. The zero-order valence-electron chi connectivity index (χ0n) is 6.39. The minimum Gasteiger partial charge on any atom is -0.355 e. The summed E-state index contributed by atoms with van der Waals surface area (Å²) < 4.78 is 4.98. The maximum atomic E-state index is 5.13. The maximum Gasteiger partial charge on any atom is 0.165 e. The van der Waals surface area contributed by atoms with E-state index in [1.807, 2.05) is 6.26 Å². The molecule has 0 N–H and O–H groups in total. The Kier molecular flexibility index (Phi) is 1.77. The summed E-state index contributed by atoms with van der Waals surface area (Å²) in [6.45, 7) is 2.14. The van der Waals surface area contributed by atoms with Crippen LogP contribution in [0.1, 0.15) is 6.42 Å². The van der Waals surface area contributed by atoms with Crippen LogP contribution >= 0.6 is 11.8 Å². The van der Waals surface area contributed by atoms with Gasteiger partial charge in [-0.2, -0.15) is 4.63 Å². The predicted molar refractivity (Wildman–Crippen MR) is 42.2 cm³/mol. The van der Waals surface area contributed by atoms with Gasteiger partial charge < -0.3 is 4.84 Å². The summed E-state index contributed by atoms with van der Waals surface area (Å²) in [6.07, 6.45) is 3.23. The van der Waals surface area contributed by atoms with Gasteiger partial charge in [0.05, 0.1) is 0 Å². The highest BCUT2D eigenvalue weighted by atomic mass is 32.2. The van der Waals surface area contributed by atoms with Gasteiger partial charge in [-0.3, -0.25) is 5.01 Å². The summed E-state index contributed by atoms with van der Waals surface area (Å²) >= 11 is 1.62. The van der Waals surface area contributed by atoms with Gasteiger partial charge >= 0.3 is 0 Å². The van der Waals surface area contributed by atoms with Gasteiger partial charge in [0, 0.05) is 18.1 Å². The molecule has 2 heterocycles. The molecule has 0 bridgehead atoms. The predicted octanol–water partition coefficient (Wildman–Crippen LogP) is -0.0266. The molecule has 0 amide bonds. The first-order valence-corrected chi connectivity index (χ1v) is 4.96. The summed E-state index contributed by atoms with van der Waals surface area (Å²) in [5.74, 6) is 0.629. The molecule has 0 aliphatic carbocycles. The highest BCUT2D eigenvalue weighted by Crippen LogP contribution is 2.08. The van der Waals surface area contributed by atoms with Crippen LogP contribution in [0, 0.1) is 0 Å². The molecule has 0 unspecified atom stereocenters. The Balaban J connectivity index is 1.74. The van der Waals surface area contributed by atoms with E-state index in [1.165, 1.54) is 11.4 Å². The van der Waals surface area contributed by atoms with Gasteiger partial charge in [-0.05, 0) is 12.7 Å². The second-order valence-corrected chi connectivity index (χ2v) is 3.23. The molecule has 1 aliphatic heterocycles. The van der Waals surface area contributed by atoms with Crippen molar-refractivity contribution in [3.63, 3.8) is 0 Å². The lowest BCUT2D eigenvalue weighted by molar-refractivity contribution is 0.0846. The Bertz CT molecular complexity index is 212. The second-order valence-electron chi connectivity index (χ2n) is 2.42. The van der Waals surface area contributed by atoms with Crippen molar-refractivity contribution in [3.8, 4) is 0 Å². The van der Waals surface area contributed by atoms with Crippen LogP contribution in [0.4, 0.5) is 0 Å². The first kappa shape index (κ1) is 7.02. The van der Waals surface area contributed by atoms with Gasteiger partial charge in [0.1, 0.15) is 5.02 Å². The van der Waals surface area contributed by atoms with Gasteiger partial charge in [0.15, 0.2) is 5.94 Å². The normalized spacial score (nSPS) is 17.0. The number of hydrogen-bond donors (Lipinski definition) is 0. The van der Waals surface area contributed by atoms with E-state index in [9.17, 15) is 0 Å². The van der Waals surface area contributed by atoms with Crippen LogP contribution in [0.15, 0.2) is 4.63 Å².